The van der Waals surface area contributed by atoms with E-state index in [1.54, 1.807) is 6.92 Å². The third-order valence-electron chi connectivity index (χ3n) is 4.43. The average molecular weight is 380 g/mol. The minimum atomic E-state index is -0.709. The molecule has 26 heavy (non-hydrogen) atoms. The second-order valence-corrected chi connectivity index (χ2v) is 7.12. The molecule has 0 amide bonds. The van der Waals surface area contributed by atoms with Crippen molar-refractivity contribution in [2.45, 2.75) is 45.7 Å². The van der Waals surface area contributed by atoms with Crippen molar-refractivity contribution in [3.05, 3.63) is 31.3 Å². The number of methoxy groups -OCH3 is 1. The summed E-state index contributed by atoms with van der Waals surface area (Å²) < 4.78 is 11.6. The fourth-order valence-corrected chi connectivity index (χ4v) is 4.60. The molecule has 8 nitrogen and oxygen atoms in total. The van der Waals surface area contributed by atoms with Crippen LogP contribution >= 0.6 is 11.3 Å². The lowest BCUT2D eigenvalue weighted by atomic mass is 9.97. The van der Waals surface area contributed by atoms with Gasteiger partial charge in [-0.2, -0.15) is 0 Å². The van der Waals surface area contributed by atoms with Gasteiger partial charge < -0.3 is 9.47 Å². The Hall–Kier alpha value is -2.42. The monoisotopic (exact) mass is 380 g/mol. The second kappa shape index (κ2) is 7.45. The van der Waals surface area contributed by atoms with Gasteiger partial charge in [0.05, 0.1) is 19.1 Å². The van der Waals surface area contributed by atoms with Gasteiger partial charge >= 0.3 is 17.6 Å². The molecule has 0 fully saturated rings. The Morgan fingerprint density at radius 2 is 1.77 bits per heavy atom. The third kappa shape index (κ3) is 3.18. The number of ether oxygens (including phenoxy) is 2. The maximum Gasteiger partial charge on any atom is 0.333 e. The van der Waals surface area contributed by atoms with E-state index in [2.05, 4.69) is 4.74 Å². The molecule has 2 heterocycles. The zero-order valence-electron chi connectivity index (χ0n) is 14.7. The Kier molecular flexibility index (Phi) is 5.26. The van der Waals surface area contributed by atoms with Gasteiger partial charge in [-0.25, -0.2) is 9.36 Å². The Morgan fingerprint density at radius 3 is 2.46 bits per heavy atom. The summed E-state index contributed by atoms with van der Waals surface area (Å²) in [6.45, 7) is 1.01. The van der Waals surface area contributed by atoms with Crippen LogP contribution in [-0.2, 0) is 45.0 Å². The van der Waals surface area contributed by atoms with Crippen LogP contribution in [0.1, 0.15) is 30.2 Å². The molecular weight excluding hydrogens is 360 g/mol. The Labute approximate surface area is 152 Å². The number of aryl methyl sites for hydroxylation is 2. The summed E-state index contributed by atoms with van der Waals surface area (Å²) in [6, 6.07) is 0. The number of aromatic nitrogens is 2. The number of carbonyl (C=O) groups is 2. The summed E-state index contributed by atoms with van der Waals surface area (Å²) in [6.07, 6.45) is 3.59. The fraction of sp³-hybridized carbons (Fsp3) is 0.529. The number of carbonyl (C=O) groups excluding carboxylic acids is 2. The van der Waals surface area contributed by atoms with E-state index in [0.29, 0.717) is 10.2 Å². The van der Waals surface area contributed by atoms with Gasteiger partial charge in [0.1, 0.15) is 17.9 Å². The van der Waals surface area contributed by atoms with Gasteiger partial charge in [0.25, 0.3) is 5.56 Å². The molecule has 140 valence electrons. The number of nitrogens with zero attached hydrogens (tertiary/aromatic N) is 2. The van der Waals surface area contributed by atoms with Gasteiger partial charge in [-0.05, 0) is 38.2 Å². The molecule has 0 radical (unpaired) electrons. The van der Waals surface area contributed by atoms with Crippen LogP contribution in [0.2, 0.25) is 0 Å². The van der Waals surface area contributed by atoms with Crippen LogP contribution in [0.5, 0.6) is 0 Å². The van der Waals surface area contributed by atoms with E-state index in [0.717, 1.165) is 40.7 Å². The Bertz CT molecular complexity index is 984. The lowest BCUT2D eigenvalue weighted by molar-refractivity contribution is -0.144. The molecule has 0 N–H and O–H groups in total. The van der Waals surface area contributed by atoms with E-state index in [9.17, 15) is 19.2 Å². The first-order valence-electron chi connectivity index (χ1n) is 8.48. The minimum absolute atomic E-state index is 0.153. The maximum absolute atomic E-state index is 13.0. The maximum atomic E-state index is 13.0. The van der Waals surface area contributed by atoms with Crippen molar-refractivity contribution < 1.29 is 19.1 Å². The number of hydrogen-bond donors (Lipinski definition) is 0. The largest absolute Gasteiger partial charge is 0.468 e. The molecule has 2 aromatic heterocycles. The summed E-state index contributed by atoms with van der Waals surface area (Å²) in [5.41, 5.74) is -0.282. The topological polar surface area (TPSA) is 96.6 Å². The second-order valence-electron chi connectivity index (χ2n) is 6.03. The number of rotatable bonds is 5. The zero-order valence-corrected chi connectivity index (χ0v) is 15.5. The molecule has 0 bridgehead atoms. The van der Waals surface area contributed by atoms with E-state index in [4.69, 9.17) is 4.74 Å². The summed E-state index contributed by atoms with van der Waals surface area (Å²) in [5, 5.41) is 0.428. The van der Waals surface area contributed by atoms with Crippen molar-refractivity contribution in [3.63, 3.8) is 0 Å². The molecule has 0 aliphatic heterocycles. The van der Waals surface area contributed by atoms with Gasteiger partial charge in [-0.15, -0.1) is 11.3 Å². The van der Waals surface area contributed by atoms with Gasteiger partial charge in [-0.1, -0.05) is 0 Å². The molecular formula is C17H20N2O6S. The van der Waals surface area contributed by atoms with Crippen molar-refractivity contribution in [1.82, 2.24) is 9.13 Å². The average Bonchev–Trinajstić information content (AvgIpc) is 3.01. The molecule has 3 rings (SSSR count). The summed E-state index contributed by atoms with van der Waals surface area (Å²) >= 11 is 1.37. The normalized spacial score (nSPS) is 13.5. The zero-order chi connectivity index (χ0) is 18.8. The molecule has 9 heteroatoms. The van der Waals surface area contributed by atoms with E-state index in [1.807, 2.05) is 0 Å². The lowest BCUT2D eigenvalue weighted by Crippen LogP contribution is -2.42. The van der Waals surface area contributed by atoms with Crippen LogP contribution in [0.3, 0.4) is 0 Å². The smallest absolute Gasteiger partial charge is 0.333 e. The van der Waals surface area contributed by atoms with Gasteiger partial charge in [0.2, 0.25) is 0 Å². The first-order chi connectivity index (χ1) is 12.5. The van der Waals surface area contributed by atoms with Gasteiger partial charge in [-0.3, -0.25) is 19.0 Å². The number of esters is 2. The quantitative estimate of drug-likeness (QED) is 0.713. The Balaban J connectivity index is 2.26. The SMILES string of the molecule is CCOC(=O)Cn1c(=O)c2c3c(sc2n(CC(=O)OC)c1=O)CCCC3. The summed E-state index contributed by atoms with van der Waals surface area (Å²) in [4.78, 5) is 51.0. The highest BCUT2D eigenvalue weighted by Gasteiger charge is 2.25. The van der Waals surface area contributed by atoms with Crippen LogP contribution in [0.4, 0.5) is 0 Å². The van der Waals surface area contributed by atoms with E-state index in [-0.39, 0.29) is 13.2 Å². The minimum Gasteiger partial charge on any atom is -0.468 e. The highest BCUT2D eigenvalue weighted by Crippen LogP contribution is 2.34. The highest BCUT2D eigenvalue weighted by atomic mass is 32.1. The summed E-state index contributed by atoms with van der Waals surface area (Å²) in [7, 11) is 1.23. The van der Waals surface area contributed by atoms with Gasteiger partial charge in [0, 0.05) is 4.88 Å². The molecule has 1 aliphatic carbocycles. The first-order valence-corrected chi connectivity index (χ1v) is 9.29. The van der Waals surface area contributed by atoms with E-state index >= 15 is 0 Å². The lowest BCUT2D eigenvalue weighted by Gasteiger charge is -2.12. The van der Waals surface area contributed by atoms with E-state index < -0.39 is 29.7 Å². The van der Waals surface area contributed by atoms with Crippen LogP contribution in [-0.4, -0.2) is 34.8 Å². The third-order valence-corrected chi connectivity index (χ3v) is 5.74. The van der Waals surface area contributed by atoms with Crippen LogP contribution < -0.4 is 11.2 Å². The summed E-state index contributed by atoms with van der Waals surface area (Å²) in [5.74, 6) is -1.26. The first kappa shape index (κ1) is 18.4. The highest BCUT2D eigenvalue weighted by molar-refractivity contribution is 7.18. The number of thiophene rings is 1. The molecule has 0 atom stereocenters. The fourth-order valence-electron chi connectivity index (χ4n) is 3.22. The predicted octanol–water partition coefficient (Wildman–Crippen LogP) is 0.840. The predicted molar refractivity (Wildman–Crippen MR) is 95.6 cm³/mol. The Morgan fingerprint density at radius 1 is 1.08 bits per heavy atom. The van der Waals surface area contributed by atoms with Crippen LogP contribution in [0.25, 0.3) is 10.2 Å². The molecule has 0 saturated heterocycles. The molecule has 0 spiro atoms. The van der Waals surface area contributed by atoms with Crippen LogP contribution in [0.15, 0.2) is 9.59 Å². The molecule has 1 aliphatic rings. The number of fused-ring (bicyclic) bond motifs is 3. The van der Waals surface area contributed by atoms with Crippen molar-refractivity contribution in [1.29, 1.82) is 0 Å². The molecule has 2 aromatic rings. The van der Waals surface area contributed by atoms with Crippen molar-refractivity contribution in [2.24, 2.45) is 0 Å². The van der Waals surface area contributed by atoms with Crippen molar-refractivity contribution in [2.75, 3.05) is 13.7 Å². The van der Waals surface area contributed by atoms with E-state index in [1.165, 1.54) is 23.0 Å². The van der Waals surface area contributed by atoms with Crippen molar-refractivity contribution >= 4 is 33.5 Å². The van der Waals surface area contributed by atoms with Gasteiger partial charge in [0.15, 0.2) is 0 Å². The standard InChI is InChI=1S/C17H20N2O6S/c1-3-25-13(21)9-18-15(22)14-10-6-4-5-7-11(10)26-16(14)19(17(18)23)8-12(20)24-2/h3-9H2,1-2H3. The molecule has 0 saturated carbocycles. The van der Waals surface area contributed by atoms with Crippen molar-refractivity contribution in [3.8, 4) is 0 Å². The number of hydrogen-bond acceptors (Lipinski definition) is 7. The molecule has 0 aromatic carbocycles. The van der Waals surface area contributed by atoms with Crippen LogP contribution in [0, 0.1) is 0 Å². The molecule has 0 unspecified atom stereocenters.